The third-order valence-electron chi connectivity index (χ3n) is 5.29. The first kappa shape index (κ1) is 22.6. The molecule has 166 valence electrons. The number of carbonyl (C=O) groups is 2. The van der Waals surface area contributed by atoms with Crippen LogP contribution < -0.4 is 4.31 Å². The van der Waals surface area contributed by atoms with Gasteiger partial charge in [0.05, 0.1) is 17.2 Å². The highest BCUT2D eigenvalue weighted by atomic mass is 32.2. The fourth-order valence-corrected chi connectivity index (χ4v) is 4.79. The smallest absolute Gasteiger partial charge is 0.409 e. The standard InChI is InChI=1S/C22H27N3O5S/c1-4-30-22(27)25-14-12-24(13-15-25)21(26)18-9-7-10-19(16-18)31(28,29)23(3)20-11-6-5-8-17(20)2/h5-11,16H,4,12-15H2,1-3H3. The van der Waals surface area contributed by atoms with E-state index in [1.54, 1.807) is 41.0 Å². The Labute approximate surface area is 183 Å². The monoisotopic (exact) mass is 445 g/mol. The topological polar surface area (TPSA) is 87.2 Å². The van der Waals surface area contributed by atoms with Crippen molar-refractivity contribution in [2.24, 2.45) is 0 Å². The van der Waals surface area contributed by atoms with Crippen molar-refractivity contribution in [3.8, 4) is 0 Å². The zero-order chi connectivity index (χ0) is 22.6. The number of rotatable bonds is 5. The van der Waals surface area contributed by atoms with Gasteiger partial charge in [0.25, 0.3) is 15.9 Å². The van der Waals surface area contributed by atoms with Crippen LogP contribution in [0.4, 0.5) is 10.5 Å². The van der Waals surface area contributed by atoms with E-state index in [1.165, 1.54) is 23.5 Å². The molecule has 1 heterocycles. The first-order valence-electron chi connectivity index (χ1n) is 10.1. The molecule has 0 N–H and O–H groups in total. The number of piperazine rings is 1. The first-order chi connectivity index (χ1) is 14.8. The van der Waals surface area contributed by atoms with Crippen molar-refractivity contribution in [1.29, 1.82) is 0 Å². The molecule has 3 rings (SSSR count). The molecular weight excluding hydrogens is 418 g/mol. The van der Waals surface area contributed by atoms with Gasteiger partial charge in [-0.25, -0.2) is 13.2 Å². The van der Waals surface area contributed by atoms with Crippen LogP contribution in [0.25, 0.3) is 0 Å². The zero-order valence-corrected chi connectivity index (χ0v) is 18.8. The minimum atomic E-state index is -3.83. The van der Waals surface area contributed by atoms with Crippen LogP contribution in [0, 0.1) is 6.92 Å². The second-order valence-corrected chi connectivity index (χ2v) is 9.23. The average molecular weight is 446 g/mol. The number of nitrogens with zero attached hydrogens (tertiary/aromatic N) is 3. The van der Waals surface area contributed by atoms with Crippen LogP contribution in [0.15, 0.2) is 53.4 Å². The molecule has 0 radical (unpaired) electrons. The van der Waals surface area contributed by atoms with E-state index in [0.29, 0.717) is 44.0 Å². The van der Waals surface area contributed by atoms with Crippen molar-refractivity contribution >= 4 is 27.7 Å². The van der Waals surface area contributed by atoms with E-state index in [0.717, 1.165) is 5.56 Å². The Morgan fingerprint density at radius 3 is 2.29 bits per heavy atom. The summed E-state index contributed by atoms with van der Waals surface area (Å²) in [7, 11) is -2.33. The van der Waals surface area contributed by atoms with E-state index in [-0.39, 0.29) is 16.9 Å². The van der Waals surface area contributed by atoms with Crippen molar-refractivity contribution in [2.75, 3.05) is 44.1 Å². The maximum Gasteiger partial charge on any atom is 0.409 e. The van der Waals surface area contributed by atoms with Crippen molar-refractivity contribution in [1.82, 2.24) is 9.80 Å². The predicted molar refractivity (Wildman–Crippen MR) is 118 cm³/mol. The summed E-state index contributed by atoms with van der Waals surface area (Å²) < 4.78 is 32.5. The molecule has 0 saturated carbocycles. The van der Waals surface area contributed by atoms with E-state index in [2.05, 4.69) is 0 Å². The second-order valence-electron chi connectivity index (χ2n) is 7.27. The third-order valence-corrected chi connectivity index (χ3v) is 7.05. The van der Waals surface area contributed by atoms with Crippen LogP contribution in [-0.2, 0) is 14.8 Å². The molecule has 9 heteroatoms. The normalized spacial score (nSPS) is 14.3. The molecule has 0 unspecified atom stereocenters. The molecule has 1 aliphatic rings. The van der Waals surface area contributed by atoms with Crippen molar-refractivity contribution in [3.63, 3.8) is 0 Å². The Morgan fingerprint density at radius 1 is 1.00 bits per heavy atom. The predicted octanol–water partition coefficient (Wildman–Crippen LogP) is 2.73. The molecule has 1 fully saturated rings. The second kappa shape index (κ2) is 9.38. The lowest BCUT2D eigenvalue weighted by atomic mass is 10.2. The van der Waals surface area contributed by atoms with Gasteiger partial charge < -0.3 is 14.5 Å². The first-order valence-corrected chi connectivity index (χ1v) is 11.5. The SMILES string of the molecule is CCOC(=O)N1CCN(C(=O)c2cccc(S(=O)(=O)N(C)c3ccccc3C)c2)CC1. The number of benzene rings is 2. The Kier molecular flexibility index (Phi) is 6.84. The quantitative estimate of drug-likeness (QED) is 0.706. The molecule has 2 aromatic rings. The number of amides is 2. The molecule has 0 spiro atoms. The van der Waals surface area contributed by atoms with Crippen LogP contribution in [0.2, 0.25) is 0 Å². The summed E-state index contributed by atoms with van der Waals surface area (Å²) in [5.41, 5.74) is 1.71. The number of hydrogen-bond acceptors (Lipinski definition) is 5. The molecule has 2 amide bonds. The van der Waals surface area contributed by atoms with Gasteiger partial charge in [0.1, 0.15) is 0 Å². The van der Waals surface area contributed by atoms with Gasteiger partial charge in [0.2, 0.25) is 0 Å². The van der Waals surface area contributed by atoms with E-state index < -0.39 is 10.0 Å². The summed E-state index contributed by atoms with van der Waals surface area (Å²) in [6.07, 6.45) is -0.387. The highest BCUT2D eigenvalue weighted by Crippen LogP contribution is 2.25. The molecule has 0 bridgehead atoms. The summed E-state index contributed by atoms with van der Waals surface area (Å²) >= 11 is 0. The fourth-order valence-electron chi connectivity index (χ4n) is 3.48. The van der Waals surface area contributed by atoms with E-state index >= 15 is 0 Å². The van der Waals surface area contributed by atoms with Crippen LogP contribution in [0.1, 0.15) is 22.8 Å². The number of carbonyl (C=O) groups excluding carboxylic acids is 2. The molecule has 2 aromatic carbocycles. The highest BCUT2D eigenvalue weighted by Gasteiger charge is 2.27. The Morgan fingerprint density at radius 2 is 1.65 bits per heavy atom. The largest absolute Gasteiger partial charge is 0.450 e. The minimum Gasteiger partial charge on any atom is -0.450 e. The van der Waals surface area contributed by atoms with Gasteiger partial charge in [-0.2, -0.15) is 0 Å². The average Bonchev–Trinajstić information content (AvgIpc) is 2.79. The van der Waals surface area contributed by atoms with Gasteiger partial charge in [-0.3, -0.25) is 9.10 Å². The molecule has 0 aromatic heterocycles. The van der Waals surface area contributed by atoms with Crippen LogP contribution in [0.3, 0.4) is 0 Å². The number of aryl methyl sites for hydroxylation is 1. The lowest BCUT2D eigenvalue weighted by Crippen LogP contribution is -2.50. The van der Waals surface area contributed by atoms with E-state index in [9.17, 15) is 18.0 Å². The number of ether oxygens (including phenoxy) is 1. The molecule has 8 nitrogen and oxygen atoms in total. The number of anilines is 1. The van der Waals surface area contributed by atoms with Gasteiger partial charge in [0, 0.05) is 38.8 Å². The third kappa shape index (κ3) is 4.82. The van der Waals surface area contributed by atoms with Crippen LogP contribution in [0.5, 0.6) is 0 Å². The molecule has 1 saturated heterocycles. The summed E-state index contributed by atoms with van der Waals surface area (Å²) in [6.45, 7) is 5.36. The summed E-state index contributed by atoms with van der Waals surface area (Å²) in [5.74, 6) is -0.265. The van der Waals surface area contributed by atoms with Gasteiger partial charge in [-0.15, -0.1) is 0 Å². The number of hydrogen-bond donors (Lipinski definition) is 0. The summed E-state index contributed by atoms with van der Waals surface area (Å²) in [4.78, 5) is 28.0. The van der Waals surface area contributed by atoms with E-state index in [1.807, 2.05) is 19.1 Å². The summed E-state index contributed by atoms with van der Waals surface area (Å²) in [6, 6.07) is 13.3. The van der Waals surface area contributed by atoms with Crippen molar-refractivity contribution in [2.45, 2.75) is 18.7 Å². The van der Waals surface area contributed by atoms with E-state index in [4.69, 9.17) is 4.74 Å². The minimum absolute atomic E-state index is 0.0502. The van der Waals surface area contributed by atoms with Gasteiger partial charge in [-0.05, 0) is 43.7 Å². The zero-order valence-electron chi connectivity index (χ0n) is 17.9. The van der Waals surface area contributed by atoms with Gasteiger partial charge in [-0.1, -0.05) is 24.3 Å². The molecule has 31 heavy (non-hydrogen) atoms. The van der Waals surface area contributed by atoms with Gasteiger partial charge in [0.15, 0.2) is 0 Å². The lowest BCUT2D eigenvalue weighted by molar-refractivity contribution is 0.0570. The maximum atomic E-state index is 13.2. The maximum absolute atomic E-state index is 13.2. The molecular formula is C22H27N3O5S. The molecule has 1 aliphatic heterocycles. The molecule has 0 aliphatic carbocycles. The lowest BCUT2D eigenvalue weighted by Gasteiger charge is -2.34. The molecule has 0 atom stereocenters. The van der Waals surface area contributed by atoms with Gasteiger partial charge >= 0.3 is 6.09 Å². The Hall–Kier alpha value is -3.07. The summed E-state index contributed by atoms with van der Waals surface area (Å²) in [5, 5.41) is 0. The number of sulfonamides is 1. The highest BCUT2D eigenvalue weighted by molar-refractivity contribution is 7.92. The number of para-hydroxylation sites is 1. The Bertz CT molecular complexity index is 1060. The van der Waals surface area contributed by atoms with Crippen molar-refractivity contribution < 1.29 is 22.7 Å². The fraction of sp³-hybridized carbons (Fsp3) is 0.364. The Balaban J connectivity index is 1.76. The van der Waals surface area contributed by atoms with Crippen molar-refractivity contribution in [3.05, 3.63) is 59.7 Å². The van der Waals surface area contributed by atoms with Crippen LogP contribution >= 0.6 is 0 Å². The van der Waals surface area contributed by atoms with Crippen LogP contribution in [-0.4, -0.2) is 70.1 Å².